The number of rotatable bonds is 3. The Kier molecular flexibility index (Phi) is 3.41. The van der Waals surface area contributed by atoms with Gasteiger partial charge in [-0.3, -0.25) is 4.68 Å². The van der Waals surface area contributed by atoms with Crippen molar-refractivity contribution in [2.24, 2.45) is 0 Å². The molecular formula is C12H13IN2. The Balaban J connectivity index is 2.33. The van der Waals surface area contributed by atoms with Gasteiger partial charge in [-0.05, 0) is 34.6 Å². The smallest absolute Gasteiger partial charge is 0.0766 e. The van der Waals surface area contributed by atoms with Crippen LogP contribution in [0.4, 0.5) is 0 Å². The highest BCUT2D eigenvalue weighted by atomic mass is 127. The van der Waals surface area contributed by atoms with E-state index in [4.69, 9.17) is 0 Å². The maximum absolute atomic E-state index is 4.37. The second-order valence-corrected chi connectivity index (χ2v) is 4.72. The van der Waals surface area contributed by atoms with E-state index in [1.165, 1.54) is 9.13 Å². The molecule has 0 unspecified atom stereocenters. The molecule has 1 heterocycles. The molecule has 78 valence electrons. The first-order valence-electron chi connectivity index (χ1n) is 5.06. The van der Waals surface area contributed by atoms with Crippen molar-refractivity contribution in [1.82, 2.24) is 9.78 Å². The largest absolute Gasteiger partial charge is 0.264 e. The Morgan fingerprint density at radius 3 is 2.60 bits per heavy atom. The molecule has 0 saturated heterocycles. The minimum Gasteiger partial charge on any atom is -0.264 e. The van der Waals surface area contributed by atoms with Crippen molar-refractivity contribution in [2.45, 2.75) is 19.4 Å². The van der Waals surface area contributed by atoms with Gasteiger partial charge in [-0.25, -0.2) is 0 Å². The minimum absolute atomic E-state index is 0.356. The number of aromatic nitrogens is 2. The lowest BCUT2D eigenvalue weighted by atomic mass is 10.1. The molecule has 2 rings (SSSR count). The second-order valence-electron chi connectivity index (χ2n) is 3.47. The zero-order valence-electron chi connectivity index (χ0n) is 8.60. The molecule has 1 aromatic carbocycles. The first-order valence-corrected chi connectivity index (χ1v) is 6.13. The van der Waals surface area contributed by atoms with E-state index in [-0.39, 0.29) is 0 Å². The minimum atomic E-state index is 0.356. The lowest BCUT2D eigenvalue weighted by molar-refractivity contribution is 0.509. The molecule has 1 aromatic heterocycles. The predicted octanol–water partition coefficient (Wildman–Crippen LogP) is 3.49. The molecule has 0 fully saturated rings. The van der Waals surface area contributed by atoms with E-state index in [1.54, 1.807) is 0 Å². The SMILES string of the molecule is CC[C@H](c1ccccc1)n1cc(I)cn1. The summed E-state index contributed by atoms with van der Waals surface area (Å²) in [5.74, 6) is 0. The van der Waals surface area contributed by atoms with Crippen LogP contribution in [0.5, 0.6) is 0 Å². The van der Waals surface area contributed by atoms with Gasteiger partial charge in [0.05, 0.1) is 15.8 Å². The normalized spacial score (nSPS) is 12.7. The van der Waals surface area contributed by atoms with Crippen LogP contribution in [0.1, 0.15) is 24.9 Å². The quantitative estimate of drug-likeness (QED) is 0.793. The van der Waals surface area contributed by atoms with Crippen molar-refractivity contribution in [2.75, 3.05) is 0 Å². The standard InChI is InChI=1S/C12H13IN2/c1-2-12(10-6-4-3-5-7-10)15-9-11(13)8-14-15/h3-9,12H,2H2,1H3/t12-/m1/s1. The van der Waals surface area contributed by atoms with E-state index in [0.29, 0.717) is 6.04 Å². The Morgan fingerprint density at radius 2 is 2.07 bits per heavy atom. The topological polar surface area (TPSA) is 17.8 Å². The molecule has 0 saturated carbocycles. The highest BCUT2D eigenvalue weighted by molar-refractivity contribution is 14.1. The van der Waals surface area contributed by atoms with Gasteiger partial charge in [0, 0.05) is 6.20 Å². The van der Waals surface area contributed by atoms with E-state index in [1.807, 2.05) is 16.9 Å². The monoisotopic (exact) mass is 312 g/mol. The van der Waals surface area contributed by atoms with Crippen LogP contribution in [0.2, 0.25) is 0 Å². The second kappa shape index (κ2) is 4.79. The summed E-state index contributed by atoms with van der Waals surface area (Å²) in [4.78, 5) is 0. The van der Waals surface area contributed by atoms with Crippen LogP contribution in [-0.2, 0) is 0 Å². The van der Waals surface area contributed by atoms with Gasteiger partial charge in [-0.2, -0.15) is 5.10 Å². The fraction of sp³-hybridized carbons (Fsp3) is 0.250. The van der Waals surface area contributed by atoms with Gasteiger partial charge in [0.25, 0.3) is 0 Å². The first kappa shape index (κ1) is 10.7. The molecular weight excluding hydrogens is 299 g/mol. The number of halogens is 1. The third-order valence-electron chi connectivity index (χ3n) is 2.46. The fourth-order valence-corrected chi connectivity index (χ4v) is 2.15. The summed E-state index contributed by atoms with van der Waals surface area (Å²) in [5.41, 5.74) is 1.32. The first-order chi connectivity index (χ1) is 7.31. The van der Waals surface area contributed by atoms with Crippen LogP contribution in [-0.4, -0.2) is 9.78 Å². The Morgan fingerprint density at radius 1 is 1.33 bits per heavy atom. The molecule has 1 atom stereocenters. The molecule has 3 heteroatoms. The third kappa shape index (κ3) is 2.40. The molecule has 0 radical (unpaired) electrons. The van der Waals surface area contributed by atoms with Crippen molar-refractivity contribution in [3.05, 3.63) is 51.9 Å². The Hall–Kier alpha value is -0.840. The highest BCUT2D eigenvalue weighted by Gasteiger charge is 2.11. The van der Waals surface area contributed by atoms with Gasteiger partial charge in [0.1, 0.15) is 0 Å². The fourth-order valence-electron chi connectivity index (χ4n) is 1.74. The van der Waals surface area contributed by atoms with Crippen LogP contribution >= 0.6 is 22.6 Å². The maximum Gasteiger partial charge on any atom is 0.0766 e. The maximum atomic E-state index is 4.37. The van der Waals surface area contributed by atoms with Crippen LogP contribution in [0, 0.1) is 3.57 Å². The molecule has 2 aromatic rings. The molecule has 0 aliphatic carbocycles. The van der Waals surface area contributed by atoms with Gasteiger partial charge >= 0.3 is 0 Å². The number of nitrogens with zero attached hydrogens (tertiary/aromatic N) is 2. The summed E-state index contributed by atoms with van der Waals surface area (Å²) in [6, 6.07) is 10.9. The zero-order chi connectivity index (χ0) is 10.7. The predicted molar refractivity (Wildman–Crippen MR) is 69.8 cm³/mol. The molecule has 0 aliphatic heterocycles. The molecule has 2 nitrogen and oxygen atoms in total. The van der Waals surface area contributed by atoms with E-state index in [0.717, 1.165) is 6.42 Å². The van der Waals surface area contributed by atoms with E-state index in [2.05, 4.69) is 65.1 Å². The lowest BCUT2D eigenvalue weighted by Gasteiger charge is -2.15. The van der Waals surface area contributed by atoms with E-state index < -0.39 is 0 Å². The van der Waals surface area contributed by atoms with Crippen LogP contribution < -0.4 is 0 Å². The molecule has 0 amide bonds. The van der Waals surface area contributed by atoms with Crippen LogP contribution in [0.15, 0.2) is 42.7 Å². The summed E-state index contributed by atoms with van der Waals surface area (Å²) in [6.07, 6.45) is 5.04. The number of benzene rings is 1. The third-order valence-corrected chi connectivity index (χ3v) is 3.02. The summed E-state index contributed by atoms with van der Waals surface area (Å²) < 4.78 is 3.22. The molecule has 0 bridgehead atoms. The Labute approximate surface area is 103 Å². The average Bonchev–Trinajstić information content (AvgIpc) is 2.68. The van der Waals surface area contributed by atoms with Crippen LogP contribution in [0.25, 0.3) is 0 Å². The van der Waals surface area contributed by atoms with E-state index >= 15 is 0 Å². The van der Waals surface area contributed by atoms with Gasteiger partial charge in [0.15, 0.2) is 0 Å². The number of hydrogen-bond acceptors (Lipinski definition) is 1. The van der Waals surface area contributed by atoms with Gasteiger partial charge < -0.3 is 0 Å². The van der Waals surface area contributed by atoms with Crippen molar-refractivity contribution in [3.8, 4) is 0 Å². The van der Waals surface area contributed by atoms with Crippen molar-refractivity contribution >= 4 is 22.6 Å². The molecule has 0 aliphatic rings. The van der Waals surface area contributed by atoms with Gasteiger partial charge in [-0.1, -0.05) is 37.3 Å². The highest BCUT2D eigenvalue weighted by Crippen LogP contribution is 2.21. The zero-order valence-corrected chi connectivity index (χ0v) is 10.8. The van der Waals surface area contributed by atoms with Crippen molar-refractivity contribution < 1.29 is 0 Å². The van der Waals surface area contributed by atoms with Crippen molar-refractivity contribution in [1.29, 1.82) is 0 Å². The molecule has 15 heavy (non-hydrogen) atoms. The summed E-state index contributed by atoms with van der Waals surface area (Å²) in [7, 11) is 0. The average molecular weight is 312 g/mol. The molecule has 0 N–H and O–H groups in total. The van der Waals surface area contributed by atoms with E-state index in [9.17, 15) is 0 Å². The summed E-state index contributed by atoms with van der Waals surface area (Å²) in [5, 5.41) is 4.37. The van der Waals surface area contributed by atoms with Gasteiger partial charge in [0.2, 0.25) is 0 Å². The van der Waals surface area contributed by atoms with Gasteiger partial charge in [-0.15, -0.1) is 0 Å². The summed E-state index contributed by atoms with van der Waals surface area (Å²) in [6.45, 7) is 2.19. The Bertz CT molecular complexity index is 422. The van der Waals surface area contributed by atoms with Crippen LogP contribution in [0.3, 0.4) is 0 Å². The lowest BCUT2D eigenvalue weighted by Crippen LogP contribution is -2.09. The number of hydrogen-bond donors (Lipinski definition) is 0. The van der Waals surface area contributed by atoms with Crippen molar-refractivity contribution in [3.63, 3.8) is 0 Å². The summed E-state index contributed by atoms with van der Waals surface area (Å²) >= 11 is 2.29. The molecule has 0 spiro atoms.